The van der Waals surface area contributed by atoms with Gasteiger partial charge in [0.15, 0.2) is 12.4 Å². The van der Waals surface area contributed by atoms with Crippen molar-refractivity contribution in [3.63, 3.8) is 0 Å². The molecule has 1 aliphatic heterocycles. The van der Waals surface area contributed by atoms with Crippen LogP contribution in [-0.2, 0) is 9.31 Å². The van der Waals surface area contributed by atoms with Gasteiger partial charge in [0.25, 0.3) is 0 Å². The van der Waals surface area contributed by atoms with Crippen LogP contribution in [0.5, 0.6) is 0 Å². The molecule has 0 aromatic carbocycles. The maximum atomic E-state index is 11.4. The van der Waals surface area contributed by atoms with Gasteiger partial charge in [-0.05, 0) is 46.3 Å². The van der Waals surface area contributed by atoms with Gasteiger partial charge in [0, 0.05) is 18.2 Å². The number of rotatable bonds is 4. The van der Waals surface area contributed by atoms with Crippen LogP contribution >= 0.6 is 0 Å². The van der Waals surface area contributed by atoms with Gasteiger partial charge in [0.2, 0.25) is 0 Å². The van der Waals surface area contributed by atoms with Crippen LogP contribution in [0.1, 0.15) is 33.3 Å². The van der Waals surface area contributed by atoms with Crippen LogP contribution in [-0.4, -0.2) is 31.9 Å². The Labute approximate surface area is 126 Å². The molecule has 0 atom stereocenters. The topological polar surface area (TPSA) is 57.4 Å². The molecule has 0 amide bonds. The molecule has 5 nitrogen and oxygen atoms in total. The average molecular weight is 290 g/mol. The van der Waals surface area contributed by atoms with Gasteiger partial charge in [-0.15, -0.1) is 0 Å². The summed E-state index contributed by atoms with van der Waals surface area (Å²) in [7, 11) is 1.46. The zero-order chi connectivity index (χ0) is 15.7. The Kier molecular flexibility index (Phi) is 4.42. The van der Waals surface area contributed by atoms with Gasteiger partial charge in [0.1, 0.15) is 0 Å². The fraction of sp³-hybridized carbons (Fsp3) is 0.533. The van der Waals surface area contributed by atoms with Gasteiger partial charge in [-0.2, -0.15) is 4.73 Å². The third-order valence-electron chi connectivity index (χ3n) is 4.09. The van der Waals surface area contributed by atoms with Crippen LogP contribution in [0.3, 0.4) is 0 Å². The number of hydrogen-bond donors (Lipinski definition) is 1. The van der Waals surface area contributed by atoms with E-state index in [0.29, 0.717) is 6.54 Å². The number of hydrogen-bond acceptors (Lipinski definition) is 4. The van der Waals surface area contributed by atoms with Gasteiger partial charge in [-0.25, -0.2) is 0 Å². The molecule has 0 unspecified atom stereocenters. The maximum absolute atomic E-state index is 11.4. The molecular weight excluding hydrogens is 267 g/mol. The molecular formula is C15H23BN2O3. The van der Waals surface area contributed by atoms with Gasteiger partial charge in [0.05, 0.1) is 11.2 Å². The first kappa shape index (κ1) is 16.0. The highest BCUT2D eigenvalue weighted by Gasteiger charge is 2.52. The van der Waals surface area contributed by atoms with Crippen LogP contribution in [0.4, 0.5) is 0 Å². The zero-order valence-electron chi connectivity index (χ0n) is 13.3. The van der Waals surface area contributed by atoms with E-state index in [1.165, 1.54) is 12.4 Å². The third-order valence-corrected chi connectivity index (χ3v) is 4.09. The normalized spacial score (nSPS) is 20.8. The summed E-state index contributed by atoms with van der Waals surface area (Å²) in [5.41, 5.74) is 1.04. The second kappa shape index (κ2) is 5.79. The Bertz CT molecular complexity index is 527. The van der Waals surface area contributed by atoms with Crippen LogP contribution in [0.25, 0.3) is 6.08 Å². The summed E-state index contributed by atoms with van der Waals surface area (Å²) in [6, 6.07) is 3.61. The second-order valence-electron chi connectivity index (χ2n) is 6.34. The molecule has 6 heteroatoms. The summed E-state index contributed by atoms with van der Waals surface area (Å²) in [6.07, 6.45) is 4.93. The fourth-order valence-corrected chi connectivity index (χ4v) is 2.17. The standard InChI is InChI=1S/C15H23BN2O3/c1-14(2)15(3,4)21-16(20-14)13(10-17-5)9-12-7-6-8-18(19)11-12/h6-9,11,17H,10H2,1-5H3. The Morgan fingerprint density at radius 3 is 2.48 bits per heavy atom. The molecule has 1 aromatic heterocycles. The highest BCUT2D eigenvalue weighted by atomic mass is 16.7. The van der Waals surface area contributed by atoms with Gasteiger partial charge in [-0.1, -0.05) is 6.08 Å². The van der Waals surface area contributed by atoms with E-state index in [2.05, 4.69) is 5.32 Å². The number of nitrogens with zero attached hydrogens (tertiary/aromatic N) is 1. The number of likely N-dealkylation sites (N-methyl/N-ethyl adjacent to an activating group) is 1. The predicted molar refractivity (Wildman–Crippen MR) is 83.4 cm³/mol. The molecule has 2 heterocycles. The van der Waals surface area contributed by atoms with Crippen molar-refractivity contribution in [3.8, 4) is 0 Å². The van der Waals surface area contributed by atoms with E-state index in [4.69, 9.17) is 9.31 Å². The third kappa shape index (κ3) is 3.45. The highest BCUT2D eigenvalue weighted by molar-refractivity contribution is 6.55. The average Bonchev–Trinajstić information content (AvgIpc) is 2.58. The molecule has 0 aliphatic carbocycles. The smallest absolute Gasteiger partial charge is 0.491 e. The lowest BCUT2D eigenvalue weighted by Crippen LogP contribution is -2.41. The van der Waals surface area contributed by atoms with Gasteiger partial charge in [-0.3, -0.25) is 0 Å². The molecule has 1 aliphatic rings. The summed E-state index contributed by atoms with van der Waals surface area (Å²) >= 11 is 0. The second-order valence-corrected chi connectivity index (χ2v) is 6.34. The number of nitrogens with one attached hydrogen (secondary N) is 1. The highest BCUT2D eigenvalue weighted by Crippen LogP contribution is 2.38. The SMILES string of the molecule is CNCC(=Cc1ccc[n+]([O-])c1)B1OC(C)(C)C(C)(C)O1. The van der Waals surface area contributed by atoms with Crippen LogP contribution in [0.2, 0.25) is 0 Å². The van der Waals surface area contributed by atoms with Gasteiger partial charge >= 0.3 is 7.12 Å². The van der Waals surface area contributed by atoms with E-state index in [1.807, 2.05) is 46.9 Å². The van der Waals surface area contributed by atoms with E-state index < -0.39 is 7.12 Å². The summed E-state index contributed by atoms with van der Waals surface area (Å²) in [6.45, 7) is 8.73. The van der Waals surface area contributed by atoms with E-state index in [0.717, 1.165) is 15.8 Å². The van der Waals surface area contributed by atoms with Crippen molar-refractivity contribution in [1.82, 2.24) is 5.32 Å². The largest absolute Gasteiger partial charge is 0.619 e. The lowest BCUT2D eigenvalue weighted by Gasteiger charge is -2.32. The van der Waals surface area contributed by atoms with Crippen molar-refractivity contribution in [2.24, 2.45) is 0 Å². The van der Waals surface area contributed by atoms with E-state index in [9.17, 15) is 5.21 Å². The molecule has 0 saturated carbocycles. The zero-order valence-corrected chi connectivity index (χ0v) is 13.3. The summed E-state index contributed by atoms with van der Waals surface area (Å²) in [4.78, 5) is 0. The molecule has 1 saturated heterocycles. The Morgan fingerprint density at radius 2 is 1.95 bits per heavy atom. The van der Waals surface area contributed by atoms with Crippen molar-refractivity contribution >= 4 is 13.2 Å². The summed E-state index contributed by atoms with van der Waals surface area (Å²) in [5, 5.41) is 14.5. The molecule has 1 aromatic rings. The Balaban J connectivity index is 2.28. The first-order valence-electron chi connectivity index (χ1n) is 7.15. The minimum atomic E-state index is -0.414. The molecule has 21 heavy (non-hydrogen) atoms. The van der Waals surface area contributed by atoms with E-state index >= 15 is 0 Å². The van der Waals surface area contributed by atoms with Gasteiger partial charge < -0.3 is 19.8 Å². The molecule has 0 bridgehead atoms. The minimum absolute atomic E-state index is 0.375. The first-order chi connectivity index (χ1) is 9.75. The van der Waals surface area contributed by atoms with Crippen molar-refractivity contribution in [2.75, 3.05) is 13.6 Å². The Morgan fingerprint density at radius 1 is 1.33 bits per heavy atom. The van der Waals surface area contributed by atoms with Crippen LogP contribution < -0.4 is 10.0 Å². The quantitative estimate of drug-likeness (QED) is 0.519. The van der Waals surface area contributed by atoms with E-state index in [1.54, 1.807) is 6.07 Å². The predicted octanol–water partition coefficient (Wildman–Crippen LogP) is 1.55. The number of pyridine rings is 1. The fourth-order valence-electron chi connectivity index (χ4n) is 2.17. The van der Waals surface area contributed by atoms with Crippen molar-refractivity contribution in [2.45, 2.75) is 38.9 Å². The maximum Gasteiger partial charge on any atom is 0.491 e. The monoisotopic (exact) mass is 290 g/mol. The minimum Gasteiger partial charge on any atom is -0.619 e. The molecule has 1 fully saturated rings. The molecule has 0 radical (unpaired) electrons. The summed E-state index contributed by atoms with van der Waals surface area (Å²) < 4.78 is 12.9. The van der Waals surface area contributed by atoms with E-state index in [-0.39, 0.29) is 11.2 Å². The molecule has 114 valence electrons. The molecule has 0 spiro atoms. The van der Waals surface area contributed by atoms with Crippen LogP contribution in [0, 0.1) is 5.21 Å². The number of aromatic nitrogens is 1. The molecule has 1 N–H and O–H groups in total. The van der Waals surface area contributed by atoms with Crippen molar-refractivity contribution in [3.05, 3.63) is 40.8 Å². The Hall–Kier alpha value is -1.37. The van der Waals surface area contributed by atoms with Crippen LogP contribution in [0.15, 0.2) is 30.0 Å². The first-order valence-corrected chi connectivity index (χ1v) is 7.15. The lowest BCUT2D eigenvalue weighted by atomic mass is 9.77. The lowest BCUT2D eigenvalue weighted by molar-refractivity contribution is -0.605. The summed E-state index contributed by atoms with van der Waals surface area (Å²) in [5.74, 6) is 0. The van der Waals surface area contributed by atoms with Crippen molar-refractivity contribution in [1.29, 1.82) is 0 Å². The van der Waals surface area contributed by atoms with Crippen molar-refractivity contribution < 1.29 is 14.0 Å². The molecule has 2 rings (SSSR count).